The summed E-state index contributed by atoms with van der Waals surface area (Å²) in [6.45, 7) is 2.75. The highest BCUT2D eigenvalue weighted by Crippen LogP contribution is 2.33. The minimum atomic E-state index is -1.03. The monoisotopic (exact) mass is 275 g/mol. The topological polar surface area (TPSA) is 50.7 Å². The Hall–Kier alpha value is -0.455. The van der Waals surface area contributed by atoms with Crippen molar-refractivity contribution >= 4 is 36.0 Å². The highest BCUT2D eigenvalue weighted by molar-refractivity contribution is 6.63. The summed E-state index contributed by atoms with van der Waals surface area (Å²) in [5.74, 6) is 0.594. The van der Waals surface area contributed by atoms with Gasteiger partial charge < -0.3 is 14.4 Å². The van der Waals surface area contributed by atoms with Gasteiger partial charge in [0.25, 0.3) is 0 Å². The van der Waals surface area contributed by atoms with Crippen molar-refractivity contribution in [1.29, 1.82) is 0 Å². The second-order valence-electron chi connectivity index (χ2n) is 3.62. The molecule has 0 amide bonds. The van der Waals surface area contributed by atoms with E-state index >= 15 is 0 Å². The van der Waals surface area contributed by atoms with Crippen molar-refractivity contribution in [1.82, 2.24) is 4.84 Å². The van der Waals surface area contributed by atoms with Crippen LogP contribution in [0.5, 0.6) is 5.75 Å². The van der Waals surface area contributed by atoms with Gasteiger partial charge in [0.2, 0.25) is 0 Å². The fourth-order valence-electron chi connectivity index (χ4n) is 1.97. The Labute approximate surface area is 110 Å². The number of benzene rings is 1. The van der Waals surface area contributed by atoms with E-state index in [2.05, 4.69) is 4.84 Å². The highest BCUT2D eigenvalue weighted by atomic mass is 35.5. The second-order valence-corrected chi connectivity index (χ2v) is 4.30. The van der Waals surface area contributed by atoms with Gasteiger partial charge in [0.15, 0.2) is 0 Å². The molecule has 2 rings (SSSR count). The molecule has 4 nitrogen and oxygen atoms in total. The zero-order valence-electron chi connectivity index (χ0n) is 9.24. The minimum Gasteiger partial charge on any atom is -0.494 e. The van der Waals surface area contributed by atoms with Crippen LogP contribution >= 0.6 is 23.4 Å². The smallest absolute Gasteiger partial charge is 0.494 e. The van der Waals surface area contributed by atoms with Crippen LogP contribution in [-0.4, -0.2) is 25.3 Å². The molecule has 92 valence electrons. The van der Waals surface area contributed by atoms with Gasteiger partial charge in [0, 0.05) is 22.6 Å². The summed E-state index contributed by atoms with van der Waals surface area (Å²) in [5, 5.41) is 10.4. The number of rotatable bonds is 4. The number of hydrogen-bond acceptors (Lipinski definition) is 4. The van der Waals surface area contributed by atoms with E-state index in [9.17, 15) is 5.02 Å². The van der Waals surface area contributed by atoms with Gasteiger partial charge in [-0.05, 0) is 30.8 Å². The van der Waals surface area contributed by atoms with Crippen molar-refractivity contribution in [2.75, 3.05) is 13.2 Å². The average Bonchev–Trinajstić information content (AvgIpc) is 2.62. The third-order valence-electron chi connectivity index (χ3n) is 2.62. The van der Waals surface area contributed by atoms with Gasteiger partial charge in [-0.1, -0.05) is 11.6 Å². The number of ether oxygens (including phenoxy) is 1. The molecule has 1 atom stereocenters. The summed E-state index contributed by atoms with van der Waals surface area (Å²) >= 11 is 11.6. The predicted octanol–water partition coefficient (Wildman–Crippen LogP) is 1.24. The van der Waals surface area contributed by atoms with Crippen LogP contribution in [0.2, 0.25) is 5.02 Å². The first-order valence-corrected chi connectivity index (χ1v) is 6.06. The van der Waals surface area contributed by atoms with Crippen LogP contribution < -0.4 is 15.0 Å². The predicted molar refractivity (Wildman–Crippen MR) is 67.9 cm³/mol. The molecule has 0 spiro atoms. The Balaban J connectivity index is 2.45. The minimum absolute atomic E-state index is 0.362. The molecule has 0 radical (unpaired) electrons. The maximum Gasteiger partial charge on any atom is 0.495 e. The summed E-state index contributed by atoms with van der Waals surface area (Å²) in [4.78, 5) is 2.49. The third-order valence-corrected chi connectivity index (χ3v) is 3.10. The average molecular weight is 276 g/mol. The lowest BCUT2D eigenvalue weighted by Crippen LogP contribution is -2.30. The van der Waals surface area contributed by atoms with Crippen molar-refractivity contribution in [3.8, 4) is 5.75 Å². The van der Waals surface area contributed by atoms with Crippen LogP contribution in [0.4, 0.5) is 0 Å². The Morgan fingerprint density at radius 2 is 2.35 bits per heavy atom. The van der Waals surface area contributed by atoms with Crippen LogP contribution in [-0.2, 0) is 4.65 Å². The van der Waals surface area contributed by atoms with E-state index in [-0.39, 0.29) is 6.10 Å². The molecule has 0 aromatic heterocycles. The molecule has 0 saturated carbocycles. The largest absolute Gasteiger partial charge is 0.495 e. The van der Waals surface area contributed by atoms with E-state index in [4.69, 9.17) is 32.8 Å². The zero-order chi connectivity index (χ0) is 12.4. The number of hydrogen-bond donors (Lipinski definition) is 2. The third kappa shape index (κ3) is 2.39. The second kappa shape index (κ2) is 5.46. The molecule has 17 heavy (non-hydrogen) atoms. The standard InChI is InChI=1S/C10H12BCl2NO3/c1-2-16-7-4-3-6(12)9-8(5-14-13)17-11(15)10(7)9/h3-4,8,14-15H,2,5H2,1H3. The van der Waals surface area contributed by atoms with Crippen molar-refractivity contribution in [2.24, 2.45) is 0 Å². The van der Waals surface area contributed by atoms with E-state index in [0.29, 0.717) is 29.4 Å². The molecule has 1 aliphatic heterocycles. The van der Waals surface area contributed by atoms with Crippen LogP contribution in [0, 0.1) is 0 Å². The van der Waals surface area contributed by atoms with Crippen LogP contribution in [0.3, 0.4) is 0 Å². The molecule has 7 heteroatoms. The molecule has 1 aromatic rings. The number of fused-ring (bicyclic) bond motifs is 1. The summed E-state index contributed by atoms with van der Waals surface area (Å²) in [6, 6.07) is 3.46. The molecule has 0 fully saturated rings. The lowest BCUT2D eigenvalue weighted by Gasteiger charge is -2.13. The van der Waals surface area contributed by atoms with Gasteiger partial charge in [-0.3, -0.25) is 0 Å². The van der Waals surface area contributed by atoms with Gasteiger partial charge in [0.1, 0.15) is 5.75 Å². The van der Waals surface area contributed by atoms with Crippen molar-refractivity contribution < 1.29 is 14.4 Å². The van der Waals surface area contributed by atoms with Gasteiger partial charge in [-0.2, -0.15) is 0 Å². The van der Waals surface area contributed by atoms with E-state index in [1.54, 1.807) is 12.1 Å². The number of halogens is 2. The first-order valence-electron chi connectivity index (χ1n) is 5.31. The van der Waals surface area contributed by atoms with Crippen molar-refractivity contribution in [3.63, 3.8) is 0 Å². The Kier molecular flexibility index (Phi) is 4.17. The molecule has 1 aliphatic rings. The van der Waals surface area contributed by atoms with Crippen molar-refractivity contribution in [3.05, 3.63) is 22.7 Å². The Morgan fingerprint density at radius 1 is 1.59 bits per heavy atom. The van der Waals surface area contributed by atoms with Crippen molar-refractivity contribution in [2.45, 2.75) is 13.0 Å². The maximum atomic E-state index is 9.88. The van der Waals surface area contributed by atoms with Crippen LogP contribution in [0.1, 0.15) is 18.6 Å². The SMILES string of the molecule is CCOc1ccc(Cl)c2c1B(O)OC2CNCl. The molecule has 1 unspecified atom stereocenters. The molecule has 1 aromatic carbocycles. The quantitative estimate of drug-likeness (QED) is 0.641. The van der Waals surface area contributed by atoms with E-state index in [1.165, 1.54) is 0 Å². The first kappa shape index (κ1) is 13.0. The lowest BCUT2D eigenvalue weighted by atomic mass is 9.78. The van der Waals surface area contributed by atoms with Crippen LogP contribution in [0.15, 0.2) is 12.1 Å². The molecular formula is C10H12BCl2NO3. The summed E-state index contributed by atoms with van der Waals surface area (Å²) in [7, 11) is -1.03. The summed E-state index contributed by atoms with van der Waals surface area (Å²) in [6.07, 6.45) is -0.370. The molecule has 1 heterocycles. The Bertz CT molecular complexity index is 419. The molecule has 0 saturated heterocycles. The maximum absolute atomic E-state index is 9.88. The highest BCUT2D eigenvalue weighted by Gasteiger charge is 2.39. The van der Waals surface area contributed by atoms with Gasteiger partial charge >= 0.3 is 7.12 Å². The summed E-state index contributed by atoms with van der Waals surface area (Å²) < 4.78 is 10.8. The molecular weight excluding hydrogens is 264 g/mol. The fraction of sp³-hybridized carbons (Fsp3) is 0.400. The van der Waals surface area contributed by atoms with E-state index < -0.39 is 7.12 Å². The zero-order valence-corrected chi connectivity index (χ0v) is 10.8. The molecule has 0 bridgehead atoms. The summed E-state index contributed by atoms with van der Waals surface area (Å²) in [5.41, 5.74) is 1.33. The molecule has 0 aliphatic carbocycles. The first-order chi connectivity index (χ1) is 8.19. The Morgan fingerprint density at radius 3 is 3.00 bits per heavy atom. The number of nitrogens with one attached hydrogen (secondary N) is 1. The fourth-order valence-corrected chi connectivity index (χ4v) is 2.39. The van der Waals surface area contributed by atoms with Gasteiger partial charge in [-0.15, -0.1) is 0 Å². The van der Waals surface area contributed by atoms with E-state index in [0.717, 1.165) is 5.56 Å². The van der Waals surface area contributed by atoms with Gasteiger partial charge in [-0.25, -0.2) is 4.84 Å². The lowest BCUT2D eigenvalue weighted by molar-refractivity contribution is 0.194. The molecule has 2 N–H and O–H groups in total. The van der Waals surface area contributed by atoms with Crippen LogP contribution in [0.25, 0.3) is 0 Å². The normalized spacial score (nSPS) is 18.4. The van der Waals surface area contributed by atoms with Gasteiger partial charge in [0.05, 0.1) is 12.7 Å². The van der Waals surface area contributed by atoms with E-state index in [1.807, 2.05) is 6.92 Å².